The highest BCUT2D eigenvalue weighted by atomic mass is 79.9. The second-order valence-corrected chi connectivity index (χ2v) is 19.8. The first-order valence-corrected chi connectivity index (χ1v) is 28.0. The van der Waals surface area contributed by atoms with Crippen molar-refractivity contribution in [3.05, 3.63) is 213 Å². The monoisotopic (exact) mass is 1300 g/mol. The summed E-state index contributed by atoms with van der Waals surface area (Å²) in [7, 11) is 5.20. The molecule has 0 bridgehead atoms. The Labute approximate surface area is 529 Å². The summed E-state index contributed by atoms with van der Waals surface area (Å²) in [5.41, 5.74) is 17.4. The molecule has 0 fully saturated rings. The molecule has 6 N–H and O–H groups in total. The lowest BCUT2D eigenvalue weighted by Gasteiger charge is -2.05. The maximum absolute atomic E-state index is 13.5. The Kier molecular flexibility index (Phi) is 28.8. The highest BCUT2D eigenvalue weighted by Crippen LogP contribution is 2.36. The van der Waals surface area contributed by atoms with E-state index < -0.39 is 5.82 Å². The third kappa shape index (κ3) is 20.5. The molecule has 6 aromatic carbocycles. The van der Waals surface area contributed by atoms with Gasteiger partial charge in [0.05, 0.1) is 21.6 Å². The molecular formula is C65H62BrFN12O12. The molecule has 0 aliphatic heterocycles. The van der Waals surface area contributed by atoms with Crippen LogP contribution in [0.15, 0.2) is 178 Å². The molecule has 3 aromatic heterocycles. The molecule has 9 rings (SSSR count). The number of nitrogens with zero attached hydrogens (tertiary/aromatic N) is 9. The predicted molar refractivity (Wildman–Crippen MR) is 335 cm³/mol. The van der Waals surface area contributed by atoms with E-state index in [4.69, 9.17) is 28.8 Å². The van der Waals surface area contributed by atoms with Crippen LogP contribution in [0.25, 0.3) is 33.8 Å². The van der Waals surface area contributed by atoms with E-state index in [0.29, 0.717) is 67.9 Å². The van der Waals surface area contributed by atoms with E-state index in [0.717, 1.165) is 30.4 Å². The summed E-state index contributed by atoms with van der Waals surface area (Å²) in [5, 5.41) is 57.2. The fraction of sp³-hybridized carbons (Fsp3) is 0.169. The smallest absolute Gasteiger partial charge is 0.373 e. The molecule has 26 heteroatoms. The second-order valence-electron chi connectivity index (χ2n) is 18.9. The van der Waals surface area contributed by atoms with E-state index in [2.05, 4.69) is 88.8 Å². The molecule has 0 aliphatic rings. The fourth-order valence-electron chi connectivity index (χ4n) is 8.42. The van der Waals surface area contributed by atoms with Crippen LogP contribution in [-0.4, -0.2) is 98.0 Å². The van der Waals surface area contributed by atoms with Gasteiger partial charge in [0, 0.05) is 54.5 Å². The van der Waals surface area contributed by atoms with Gasteiger partial charge in [0.1, 0.15) is 22.9 Å². The average molecular weight is 1300 g/mol. The number of nitrogens with one attached hydrogen (secondary N) is 3. The number of aryl methyl sites for hydroxylation is 5. The highest BCUT2D eigenvalue weighted by molar-refractivity contribution is 9.10. The number of amides is 3. The number of hydrogen-bond donors (Lipinski definition) is 6. The second kappa shape index (κ2) is 36.5. The van der Waals surface area contributed by atoms with E-state index in [9.17, 15) is 34.1 Å². The third-order valence-corrected chi connectivity index (χ3v) is 13.4. The Morgan fingerprint density at radius 3 is 1.04 bits per heavy atom. The number of carbonyl (C=O) groups excluding carboxylic acids is 9. The van der Waals surface area contributed by atoms with Crippen LogP contribution >= 0.6 is 15.9 Å². The number of hydrazone groups is 3. The van der Waals surface area contributed by atoms with E-state index in [1.165, 1.54) is 21.9 Å². The SMILES string of the molecule is C/C(=N\NC(=O)c1ccccc1)c1nn(C)c(-c2ccc(F)c(Br)c2)c1O.CCCc1ccc(-c2c(O)c(/C(C)=N/NC(=O)c3ccccc3)nn2C)cc1.CCc1ccc(-c2c(O)c(/C(C)=N/NC(=O)c3ccccc3)nn2C)cc1.O=C=O.O=C=O.O=C=O. The standard InChI is InChI=1S/C22H24N4O2.C21H22N4O2.C19H16BrFN4O2.3CO2/c1-4-8-16-11-13-17(14-12-16)20-21(27)19(25-26(20)3)15(2)23-24-22(28)18-9-6-5-7-10-18;1-4-15-10-12-16(13-11-15)19-20(26)18(24-25(19)3)14(2)22-23-21(27)17-8-6-5-7-9-17;1-11(22-23-19(27)12-6-4-3-5-7-12)16-18(26)17(25(2)24-16)13-8-9-15(21)14(20)10-13;3*2-1-3/h5-7,9-14,27H,4,8H2,1-3H3,(H,24,28);5-13,26H,4H2,1-3H3,(H,23,27);3-10,26H,1-2H3,(H,23,27);;;/b23-15+;22-14+;22-11+;;;. The number of aromatic hydroxyl groups is 3. The number of hydrogen-bond acceptors (Lipinski definition) is 18. The van der Waals surface area contributed by atoms with Crippen molar-refractivity contribution in [2.75, 3.05) is 0 Å². The topological polar surface area (TPSA) is 341 Å². The van der Waals surface area contributed by atoms with Crippen molar-refractivity contribution in [2.45, 2.75) is 53.9 Å². The highest BCUT2D eigenvalue weighted by Gasteiger charge is 2.23. The summed E-state index contributed by atoms with van der Waals surface area (Å²) >= 11 is 3.13. The Bertz CT molecular complexity index is 4090. The van der Waals surface area contributed by atoms with Gasteiger partial charge in [-0.15, -0.1) is 0 Å². The Morgan fingerprint density at radius 2 is 0.758 bits per heavy atom. The number of rotatable bonds is 15. The van der Waals surface area contributed by atoms with Crippen molar-refractivity contribution in [1.82, 2.24) is 45.6 Å². The molecule has 24 nitrogen and oxygen atoms in total. The van der Waals surface area contributed by atoms with Crippen LogP contribution in [0.3, 0.4) is 0 Å². The van der Waals surface area contributed by atoms with Crippen LogP contribution in [0.1, 0.15) is 100 Å². The lowest BCUT2D eigenvalue weighted by molar-refractivity contribution is -0.193. The van der Waals surface area contributed by atoms with Gasteiger partial charge in [-0.2, -0.15) is 59.4 Å². The zero-order valence-corrected chi connectivity index (χ0v) is 52.0. The van der Waals surface area contributed by atoms with Gasteiger partial charge in [0.15, 0.2) is 34.3 Å². The molecular weight excluding hydrogens is 1240 g/mol. The minimum atomic E-state index is -0.401. The number of carbonyl (C=O) groups is 3. The van der Waals surface area contributed by atoms with Gasteiger partial charge in [-0.25, -0.2) is 20.7 Å². The molecule has 91 heavy (non-hydrogen) atoms. The normalized spacial score (nSPS) is 10.6. The van der Waals surface area contributed by atoms with Gasteiger partial charge < -0.3 is 15.3 Å². The Morgan fingerprint density at radius 1 is 0.473 bits per heavy atom. The maximum Gasteiger partial charge on any atom is 0.373 e. The molecule has 0 saturated heterocycles. The minimum Gasteiger partial charge on any atom is -0.504 e. The van der Waals surface area contributed by atoms with Crippen molar-refractivity contribution in [3.8, 4) is 51.0 Å². The first-order valence-electron chi connectivity index (χ1n) is 27.2. The lowest BCUT2D eigenvalue weighted by Crippen LogP contribution is -2.19. The van der Waals surface area contributed by atoms with Crippen LogP contribution in [0.5, 0.6) is 17.2 Å². The van der Waals surface area contributed by atoms with Gasteiger partial charge in [0.25, 0.3) is 17.7 Å². The fourth-order valence-corrected chi connectivity index (χ4v) is 8.80. The Hall–Kier alpha value is -11.7. The Balaban J connectivity index is 0.000000273. The van der Waals surface area contributed by atoms with Crippen LogP contribution in [-0.2, 0) is 62.8 Å². The van der Waals surface area contributed by atoms with Crippen molar-refractivity contribution >= 4 is 69.2 Å². The van der Waals surface area contributed by atoms with Crippen molar-refractivity contribution in [2.24, 2.45) is 36.4 Å². The van der Waals surface area contributed by atoms with Gasteiger partial charge in [0.2, 0.25) is 0 Å². The summed E-state index contributed by atoms with van der Waals surface area (Å²) in [5.74, 6) is -1.43. The van der Waals surface area contributed by atoms with E-state index in [-0.39, 0.29) is 63.6 Å². The first-order chi connectivity index (χ1) is 43.6. The molecule has 468 valence electrons. The zero-order chi connectivity index (χ0) is 67.2. The summed E-state index contributed by atoms with van der Waals surface area (Å²) in [4.78, 5) is 85.1. The van der Waals surface area contributed by atoms with E-state index in [1.54, 1.807) is 136 Å². The quantitative estimate of drug-likeness (QED) is 0.0411. The van der Waals surface area contributed by atoms with Gasteiger partial charge in [-0.1, -0.05) is 123 Å². The minimum absolute atomic E-state index is 0.0389. The van der Waals surface area contributed by atoms with E-state index in [1.807, 2.05) is 54.6 Å². The zero-order valence-electron chi connectivity index (χ0n) is 50.4. The van der Waals surface area contributed by atoms with E-state index >= 15 is 0 Å². The summed E-state index contributed by atoms with van der Waals surface area (Å²) in [6.07, 6.45) is 3.82. The maximum atomic E-state index is 13.5. The van der Waals surface area contributed by atoms with Gasteiger partial charge in [-0.05, 0) is 115 Å². The van der Waals surface area contributed by atoms with Crippen molar-refractivity contribution in [1.29, 1.82) is 0 Å². The molecule has 0 saturated carbocycles. The lowest BCUT2D eigenvalue weighted by atomic mass is 10.0. The van der Waals surface area contributed by atoms with Crippen molar-refractivity contribution < 1.29 is 62.9 Å². The molecule has 0 spiro atoms. The average Bonchev–Trinajstić information content (AvgIpc) is 1.71. The largest absolute Gasteiger partial charge is 0.504 e. The molecule has 0 atom stereocenters. The summed E-state index contributed by atoms with van der Waals surface area (Å²) < 4.78 is 18.5. The first kappa shape index (κ1) is 71.8. The third-order valence-electron chi connectivity index (χ3n) is 12.8. The molecule has 0 unspecified atom stereocenters. The van der Waals surface area contributed by atoms with Gasteiger partial charge in [-0.3, -0.25) is 28.4 Å². The summed E-state index contributed by atoms with van der Waals surface area (Å²) in [6.45, 7) is 9.25. The predicted octanol–water partition coefficient (Wildman–Crippen LogP) is 9.51. The molecule has 0 aliphatic carbocycles. The van der Waals surface area contributed by atoms with Crippen LogP contribution in [0, 0.1) is 5.82 Å². The molecule has 3 heterocycles. The number of halogens is 2. The van der Waals surface area contributed by atoms with Crippen LogP contribution in [0.4, 0.5) is 4.39 Å². The number of aromatic nitrogens is 6. The molecule has 0 radical (unpaired) electrons. The molecule has 3 amide bonds. The van der Waals surface area contributed by atoms with Crippen molar-refractivity contribution in [3.63, 3.8) is 0 Å². The summed E-state index contributed by atoms with van der Waals surface area (Å²) in [6, 6.07) is 46.8. The molecule has 9 aromatic rings. The van der Waals surface area contributed by atoms with Gasteiger partial charge >= 0.3 is 18.5 Å². The van der Waals surface area contributed by atoms with Crippen LogP contribution in [0.2, 0.25) is 0 Å². The number of benzene rings is 6. The van der Waals surface area contributed by atoms with Crippen LogP contribution < -0.4 is 16.3 Å².